The van der Waals surface area contributed by atoms with E-state index in [0.717, 1.165) is 11.1 Å². The molecule has 41 heavy (non-hydrogen) atoms. The molecular weight excluding hydrogens is 520 g/mol. The highest BCUT2D eigenvalue weighted by Crippen LogP contribution is 2.68. The van der Waals surface area contributed by atoms with Crippen LogP contribution in [0.25, 0.3) is 6.08 Å². The Morgan fingerprint density at radius 1 is 1.00 bits per heavy atom. The molecule has 7 heteroatoms. The number of esters is 3. The Bertz CT molecular complexity index is 1260. The third-order valence-electron chi connectivity index (χ3n) is 9.53. The number of ether oxygens (including phenoxy) is 3. The average Bonchev–Trinajstić information content (AvgIpc) is 3.20. The van der Waals surface area contributed by atoms with E-state index in [2.05, 4.69) is 26.5 Å². The lowest BCUT2D eigenvalue weighted by atomic mass is 9.44. The molecule has 0 amide bonds. The molecule has 0 bridgehead atoms. The summed E-state index contributed by atoms with van der Waals surface area (Å²) in [6.07, 6.45) is 7.76. The third kappa shape index (κ3) is 5.96. The second-order valence-electron chi connectivity index (χ2n) is 12.0. The number of hydrogen-bond acceptors (Lipinski definition) is 7. The van der Waals surface area contributed by atoms with Gasteiger partial charge in [0.1, 0.15) is 18.3 Å². The van der Waals surface area contributed by atoms with Crippen LogP contribution in [-0.2, 0) is 28.6 Å². The van der Waals surface area contributed by atoms with Crippen molar-refractivity contribution in [3.63, 3.8) is 0 Å². The largest absolute Gasteiger partial charge is 0.461 e. The number of hydrogen-bond donors (Lipinski definition) is 1. The zero-order valence-corrected chi connectivity index (χ0v) is 24.7. The molecule has 7 nitrogen and oxygen atoms in total. The predicted octanol–water partition coefficient (Wildman–Crippen LogP) is 5.74. The molecule has 1 spiro atoms. The molecule has 0 aromatic heterocycles. The number of benzene rings is 1. The van der Waals surface area contributed by atoms with E-state index in [4.69, 9.17) is 14.2 Å². The Labute approximate surface area is 242 Å². The van der Waals surface area contributed by atoms with Crippen molar-refractivity contribution in [2.24, 2.45) is 22.7 Å². The van der Waals surface area contributed by atoms with Crippen LogP contribution in [0.1, 0.15) is 65.9 Å². The summed E-state index contributed by atoms with van der Waals surface area (Å²) in [5, 5.41) is 11.2. The standard InChI is InChI=1S/C34H42O7/c1-7-21(2)15-16-33(6)22(3)17-30(41-32(38)14-13-25-11-9-8-10-12-25)34-27(18-26(37)19-29(33)34)28(39-23(4)35)20-31(34)40-24(5)36/h7-15,18,22,26,28-31,37H,1,16-17,19-20H2,2-6H3. The van der Waals surface area contributed by atoms with E-state index in [9.17, 15) is 19.5 Å². The summed E-state index contributed by atoms with van der Waals surface area (Å²) in [5.74, 6) is -1.60. The predicted molar refractivity (Wildman–Crippen MR) is 156 cm³/mol. The Kier molecular flexibility index (Phi) is 9.07. The fourth-order valence-electron chi connectivity index (χ4n) is 7.45. The molecule has 0 saturated heterocycles. The van der Waals surface area contributed by atoms with E-state index in [1.165, 1.54) is 19.9 Å². The maximum absolute atomic E-state index is 13.3. The van der Waals surface area contributed by atoms with Gasteiger partial charge in [0, 0.05) is 26.3 Å². The molecule has 0 radical (unpaired) electrons. The van der Waals surface area contributed by atoms with Crippen LogP contribution in [0, 0.1) is 22.7 Å². The molecule has 3 aliphatic rings. The monoisotopic (exact) mass is 562 g/mol. The summed E-state index contributed by atoms with van der Waals surface area (Å²) in [6.45, 7) is 12.9. The van der Waals surface area contributed by atoms with E-state index >= 15 is 0 Å². The number of aliphatic hydroxyl groups is 1. The van der Waals surface area contributed by atoms with Crippen molar-refractivity contribution < 1.29 is 33.7 Å². The normalized spacial score (nSPS) is 34.7. The highest BCUT2D eigenvalue weighted by molar-refractivity contribution is 5.87. The van der Waals surface area contributed by atoms with Crippen LogP contribution in [0.4, 0.5) is 0 Å². The van der Waals surface area contributed by atoms with Crippen LogP contribution < -0.4 is 0 Å². The quantitative estimate of drug-likeness (QED) is 0.142. The smallest absolute Gasteiger partial charge is 0.331 e. The second kappa shape index (κ2) is 12.2. The summed E-state index contributed by atoms with van der Waals surface area (Å²) < 4.78 is 18.1. The first-order valence-corrected chi connectivity index (χ1v) is 14.4. The van der Waals surface area contributed by atoms with Crippen molar-refractivity contribution in [3.05, 3.63) is 77.9 Å². The first-order valence-electron chi connectivity index (χ1n) is 14.4. The van der Waals surface area contributed by atoms with Crippen LogP contribution in [0.5, 0.6) is 0 Å². The zero-order valence-electron chi connectivity index (χ0n) is 24.7. The SMILES string of the molecule is C=CC(C)=CCC1(C)C(C)CC(OC(=O)C=Cc2ccccc2)C23C(=CC(O)CC12)C(OC(C)=O)CC3OC(C)=O. The van der Waals surface area contributed by atoms with Crippen LogP contribution >= 0.6 is 0 Å². The number of carbonyl (C=O) groups is 3. The highest BCUT2D eigenvalue weighted by atomic mass is 16.6. The van der Waals surface area contributed by atoms with E-state index in [0.29, 0.717) is 24.8 Å². The first-order chi connectivity index (χ1) is 19.4. The Hall–Kier alpha value is -3.45. The maximum atomic E-state index is 13.3. The van der Waals surface area contributed by atoms with Crippen molar-refractivity contribution in [3.8, 4) is 0 Å². The lowest BCUT2D eigenvalue weighted by molar-refractivity contribution is -0.203. The Morgan fingerprint density at radius 3 is 2.29 bits per heavy atom. The molecule has 1 aromatic rings. The molecule has 0 heterocycles. The molecule has 3 aliphatic carbocycles. The molecule has 8 unspecified atom stereocenters. The topological polar surface area (TPSA) is 99.1 Å². The van der Waals surface area contributed by atoms with Gasteiger partial charge in [0.2, 0.25) is 0 Å². The lowest BCUT2D eigenvalue weighted by Gasteiger charge is -2.61. The van der Waals surface area contributed by atoms with Crippen molar-refractivity contribution in [1.82, 2.24) is 0 Å². The summed E-state index contributed by atoms with van der Waals surface area (Å²) in [6, 6.07) is 9.48. The zero-order chi connectivity index (χ0) is 29.9. The first kappa shape index (κ1) is 30.5. The third-order valence-corrected chi connectivity index (χ3v) is 9.53. The Morgan fingerprint density at radius 2 is 1.66 bits per heavy atom. The molecule has 0 aliphatic heterocycles. The van der Waals surface area contributed by atoms with Crippen molar-refractivity contribution >= 4 is 24.0 Å². The van der Waals surface area contributed by atoms with Crippen LogP contribution in [0.15, 0.2) is 72.4 Å². The summed E-state index contributed by atoms with van der Waals surface area (Å²) in [4.78, 5) is 38.0. The summed E-state index contributed by atoms with van der Waals surface area (Å²) >= 11 is 0. The summed E-state index contributed by atoms with van der Waals surface area (Å²) in [7, 11) is 0. The molecule has 4 rings (SSSR count). The van der Waals surface area contributed by atoms with Gasteiger partial charge in [-0.15, -0.1) is 0 Å². The second-order valence-corrected chi connectivity index (χ2v) is 12.0. The van der Waals surface area contributed by atoms with Gasteiger partial charge in [0.15, 0.2) is 0 Å². The van der Waals surface area contributed by atoms with Crippen molar-refractivity contribution in [2.75, 3.05) is 0 Å². The van der Waals surface area contributed by atoms with E-state index in [1.807, 2.05) is 43.3 Å². The van der Waals surface area contributed by atoms with Crippen molar-refractivity contribution in [1.29, 1.82) is 0 Å². The number of carbonyl (C=O) groups excluding carboxylic acids is 3. The minimum atomic E-state index is -0.974. The molecule has 1 N–H and O–H groups in total. The molecule has 1 aromatic carbocycles. The fourth-order valence-corrected chi connectivity index (χ4v) is 7.45. The molecule has 8 atom stereocenters. The van der Waals surface area contributed by atoms with Gasteiger partial charge in [-0.2, -0.15) is 0 Å². The summed E-state index contributed by atoms with van der Waals surface area (Å²) in [5.41, 5.74) is 1.25. The lowest BCUT2D eigenvalue weighted by Crippen LogP contribution is -2.63. The number of allylic oxidation sites excluding steroid dienone is 3. The van der Waals surface area contributed by atoms with E-state index in [-0.39, 0.29) is 23.7 Å². The molecular formula is C34H42O7. The van der Waals surface area contributed by atoms with Gasteiger partial charge in [-0.25, -0.2) is 4.79 Å². The van der Waals surface area contributed by atoms with Crippen LogP contribution in [0.3, 0.4) is 0 Å². The fraction of sp³-hybridized carbons (Fsp3) is 0.500. The Balaban J connectivity index is 1.85. The van der Waals surface area contributed by atoms with Gasteiger partial charge in [-0.3, -0.25) is 9.59 Å². The minimum absolute atomic E-state index is 0.0835. The maximum Gasteiger partial charge on any atom is 0.331 e. The van der Waals surface area contributed by atoms with Gasteiger partial charge in [-0.05, 0) is 60.6 Å². The van der Waals surface area contributed by atoms with Crippen LogP contribution in [0.2, 0.25) is 0 Å². The number of aliphatic hydroxyl groups excluding tert-OH is 1. The van der Waals surface area contributed by atoms with Gasteiger partial charge in [0.25, 0.3) is 0 Å². The van der Waals surface area contributed by atoms with Gasteiger partial charge >= 0.3 is 17.9 Å². The van der Waals surface area contributed by atoms with Gasteiger partial charge in [-0.1, -0.05) is 74.6 Å². The molecule has 2 fully saturated rings. The van der Waals surface area contributed by atoms with Gasteiger partial charge in [0.05, 0.1) is 11.5 Å². The van der Waals surface area contributed by atoms with E-state index in [1.54, 1.807) is 12.2 Å². The molecule has 2 saturated carbocycles. The van der Waals surface area contributed by atoms with Gasteiger partial charge < -0.3 is 19.3 Å². The van der Waals surface area contributed by atoms with Crippen LogP contribution in [-0.4, -0.2) is 47.4 Å². The molecule has 220 valence electrons. The highest BCUT2D eigenvalue weighted by Gasteiger charge is 2.71. The average molecular weight is 563 g/mol. The minimum Gasteiger partial charge on any atom is -0.461 e. The van der Waals surface area contributed by atoms with E-state index < -0.39 is 47.7 Å². The van der Waals surface area contributed by atoms with Crippen molar-refractivity contribution in [2.45, 2.75) is 84.7 Å². The number of rotatable bonds is 8.